The van der Waals surface area contributed by atoms with Crippen molar-refractivity contribution >= 4 is 34.6 Å². The van der Waals surface area contributed by atoms with Crippen molar-refractivity contribution in [1.82, 2.24) is 0 Å². The Balaban J connectivity index is 3.14. The first kappa shape index (κ1) is 8.84. The summed E-state index contributed by atoms with van der Waals surface area (Å²) in [6.07, 6.45) is 1.71. The maximum absolute atomic E-state index is 10.1. The van der Waals surface area contributed by atoms with Gasteiger partial charge in [-0.2, -0.15) is 0 Å². The molecule has 0 aliphatic rings. The fraction of sp³-hybridized carbons (Fsp3) is 0.500. The molecule has 0 heterocycles. The molecular formula is C4H8N2OS2. The SMILES string of the molecule is NC(=O)CC=NCSS. The Morgan fingerprint density at radius 2 is 2.56 bits per heavy atom. The van der Waals surface area contributed by atoms with Crippen LogP contribution in [0.3, 0.4) is 0 Å². The Morgan fingerprint density at radius 3 is 3.00 bits per heavy atom. The molecule has 0 bridgehead atoms. The average Bonchev–Trinajstić information content (AvgIpc) is 1.80. The number of aliphatic imine (C=N–C) groups is 1. The smallest absolute Gasteiger partial charge is 0.222 e. The largest absolute Gasteiger partial charge is 0.369 e. The van der Waals surface area contributed by atoms with Crippen molar-refractivity contribution < 1.29 is 4.79 Å². The van der Waals surface area contributed by atoms with Gasteiger partial charge in [0.2, 0.25) is 5.91 Å². The summed E-state index contributed by atoms with van der Waals surface area (Å²) in [7, 11) is 1.30. The number of primary amides is 1. The van der Waals surface area contributed by atoms with E-state index < -0.39 is 0 Å². The first-order chi connectivity index (χ1) is 4.27. The Hall–Kier alpha value is -0.160. The van der Waals surface area contributed by atoms with Gasteiger partial charge in [-0.05, 0) is 0 Å². The molecule has 0 radical (unpaired) electrons. The summed E-state index contributed by atoms with van der Waals surface area (Å²) in [6.45, 7) is 0. The van der Waals surface area contributed by atoms with E-state index >= 15 is 0 Å². The van der Waals surface area contributed by atoms with Crippen LogP contribution < -0.4 is 5.73 Å². The van der Waals surface area contributed by atoms with Gasteiger partial charge in [0.15, 0.2) is 0 Å². The second kappa shape index (κ2) is 5.97. The molecule has 0 aromatic carbocycles. The zero-order valence-electron chi connectivity index (χ0n) is 4.78. The first-order valence-corrected chi connectivity index (χ1v) is 4.34. The van der Waals surface area contributed by atoms with E-state index in [1.54, 1.807) is 0 Å². The fourth-order valence-corrected chi connectivity index (χ4v) is 0.613. The minimum Gasteiger partial charge on any atom is -0.369 e. The highest BCUT2D eigenvalue weighted by atomic mass is 33.1. The summed E-state index contributed by atoms with van der Waals surface area (Å²) in [5.74, 6) is 0.207. The van der Waals surface area contributed by atoms with Crippen molar-refractivity contribution in [3.63, 3.8) is 0 Å². The number of hydrogen-bond acceptors (Lipinski definition) is 4. The van der Waals surface area contributed by atoms with Crippen LogP contribution in [0.15, 0.2) is 4.99 Å². The van der Waals surface area contributed by atoms with E-state index in [4.69, 9.17) is 5.73 Å². The van der Waals surface area contributed by atoms with Gasteiger partial charge in [-0.3, -0.25) is 9.79 Å². The van der Waals surface area contributed by atoms with Crippen LogP contribution >= 0.6 is 22.5 Å². The predicted molar refractivity (Wildman–Crippen MR) is 43.7 cm³/mol. The van der Waals surface area contributed by atoms with Crippen LogP contribution in [-0.4, -0.2) is 18.0 Å². The van der Waals surface area contributed by atoms with E-state index in [1.807, 2.05) is 0 Å². The molecule has 3 nitrogen and oxygen atoms in total. The van der Waals surface area contributed by atoms with Crippen LogP contribution in [0, 0.1) is 0 Å². The topological polar surface area (TPSA) is 55.5 Å². The third-order valence-corrected chi connectivity index (χ3v) is 1.16. The van der Waals surface area contributed by atoms with Crippen molar-refractivity contribution in [1.29, 1.82) is 0 Å². The number of thiol groups is 1. The Kier molecular flexibility index (Phi) is 5.86. The van der Waals surface area contributed by atoms with Crippen LogP contribution in [0.4, 0.5) is 0 Å². The third-order valence-electron chi connectivity index (χ3n) is 0.554. The van der Waals surface area contributed by atoms with Gasteiger partial charge in [-0.25, -0.2) is 0 Å². The highest BCUT2D eigenvalue weighted by molar-refractivity contribution is 8.68. The predicted octanol–water partition coefficient (Wildman–Crippen LogP) is 0.468. The molecule has 0 atom stereocenters. The number of hydrogen-bond donors (Lipinski definition) is 2. The summed E-state index contributed by atoms with van der Waals surface area (Å²) < 4.78 is 0. The third kappa shape index (κ3) is 7.84. The van der Waals surface area contributed by atoms with Gasteiger partial charge in [0, 0.05) is 6.21 Å². The molecule has 0 fully saturated rings. The van der Waals surface area contributed by atoms with E-state index in [-0.39, 0.29) is 12.3 Å². The standard InChI is InChI=1S/C4H8N2OS2/c5-4(7)1-2-6-3-9-8/h2,8H,1,3H2,(H2,5,7). The lowest BCUT2D eigenvalue weighted by Gasteiger charge is -1.84. The van der Waals surface area contributed by atoms with Crippen molar-refractivity contribution in [2.75, 3.05) is 5.88 Å². The molecule has 0 aromatic rings. The second-order valence-corrected chi connectivity index (χ2v) is 2.58. The Morgan fingerprint density at radius 1 is 1.89 bits per heavy atom. The molecule has 0 aliphatic heterocycles. The normalized spacial score (nSPS) is 10.3. The van der Waals surface area contributed by atoms with Crippen LogP contribution in [-0.2, 0) is 4.79 Å². The van der Waals surface area contributed by atoms with Gasteiger partial charge in [0.25, 0.3) is 0 Å². The fourth-order valence-electron chi connectivity index (χ4n) is 0.241. The number of carbonyl (C=O) groups is 1. The van der Waals surface area contributed by atoms with E-state index in [1.165, 1.54) is 17.0 Å². The highest BCUT2D eigenvalue weighted by Gasteiger charge is 1.85. The van der Waals surface area contributed by atoms with Gasteiger partial charge in [0.1, 0.15) is 0 Å². The molecule has 0 unspecified atom stereocenters. The minimum atomic E-state index is -0.358. The van der Waals surface area contributed by atoms with E-state index in [0.717, 1.165) is 0 Å². The maximum atomic E-state index is 10.1. The molecule has 0 aliphatic carbocycles. The van der Waals surface area contributed by atoms with Crippen LogP contribution in [0.2, 0.25) is 0 Å². The lowest BCUT2D eigenvalue weighted by atomic mass is 10.5. The number of rotatable bonds is 4. The molecule has 1 amide bonds. The van der Waals surface area contributed by atoms with Crippen LogP contribution in [0.1, 0.15) is 6.42 Å². The summed E-state index contributed by atoms with van der Waals surface area (Å²) in [5.41, 5.74) is 4.82. The van der Waals surface area contributed by atoms with Gasteiger partial charge in [0.05, 0.1) is 12.3 Å². The van der Waals surface area contributed by atoms with Crippen molar-refractivity contribution in [2.45, 2.75) is 6.42 Å². The monoisotopic (exact) mass is 164 g/mol. The summed E-state index contributed by atoms with van der Waals surface area (Å²) in [4.78, 5) is 13.9. The lowest BCUT2D eigenvalue weighted by Crippen LogP contribution is -2.10. The highest BCUT2D eigenvalue weighted by Crippen LogP contribution is 2.02. The average molecular weight is 164 g/mol. The van der Waals surface area contributed by atoms with Crippen molar-refractivity contribution in [3.8, 4) is 0 Å². The maximum Gasteiger partial charge on any atom is 0.222 e. The van der Waals surface area contributed by atoms with Gasteiger partial charge in [-0.1, -0.05) is 10.8 Å². The van der Waals surface area contributed by atoms with Gasteiger partial charge < -0.3 is 5.73 Å². The van der Waals surface area contributed by atoms with Crippen molar-refractivity contribution in [2.24, 2.45) is 10.7 Å². The summed E-state index contributed by atoms with van der Waals surface area (Å²) in [5, 5.41) is 0. The number of carbonyl (C=O) groups excluding carboxylic acids is 1. The lowest BCUT2D eigenvalue weighted by molar-refractivity contribution is -0.116. The molecule has 0 spiro atoms. The van der Waals surface area contributed by atoms with E-state index in [2.05, 4.69) is 16.7 Å². The molecule has 5 heteroatoms. The number of nitrogens with zero attached hydrogens (tertiary/aromatic N) is 1. The summed E-state index contributed by atoms with van der Waals surface area (Å²) >= 11 is 3.83. The Labute approximate surface area is 62.9 Å². The molecule has 0 rings (SSSR count). The molecule has 0 saturated carbocycles. The molecule has 9 heavy (non-hydrogen) atoms. The van der Waals surface area contributed by atoms with E-state index in [0.29, 0.717) is 5.88 Å². The molecule has 0 saturated heterocycles. The van der Waals surface area contributed by atoms with E-state index in [9.17, 15) is 4.79 Å². The first-order valence-electron chi connectivity index (χ1n) is 2.30. The zero-order valence-corrected chi connectivity index (χ0v) is 6.49. The van der Waals surface area contributed by atoms with Gasteiger partial charge in [-0.15, -0.1) is 11.7 Å². The Bertz CT molecular complexity index is 115. The molecule has 0 aromatic heterocycles. The van der Waals surface area contributed by atoms with Gasteiger partial charge >= 0.3 is 0 Å². The second-order valence-electron chi connectivity index (χ2n) is 1.29. The summed E-state index contributed by atoms with van der Waals surface area (Å²) in [6, 6.07) is 0. The minimum absolute atomic E-state index is 0.217. The quantitative estimate of drug-likeness (QED) is 0.360. The number of amides is 1. The van der Waals surface area contributed by atoms with Crippen LogP contribution in [0.25, 0.3) is 0 Å². The van der Waals surface area contributed by atoms with Crippen LogP contribution in [0.5, 0.6) is 0 Å². The van der Waals surface area contributed by atoms with Crippen molar-refractivity contribution in [3.05, 3.63) is 0 Å². The molecular weight excluding hydrogens is 156 g/mol. The zero-order chi connectivity index (χ0) is 7.11. The molecule has 2 N–H and O–H groups in total. The number of nitrogens with two attached hydrogens (primary N) is 1. The molecule has 52 valence electrons.